The van der Waals surface area contributed by atoms with Crippen molar-refractivity contribution in [2.45, 2.75) is 38.5 Å². The first kappa shape index (κ1) is 28.4. The van der Waals surface area contributed by atoms with E-state index in [1.807, 2.05) is 11.0 Å². The first-order chi connectivity index (χ1) is 21.2. The number of aromatic nitrogens is 3. The summed E-state index contributed by atoms with van der Waals surface area (Å²) in [7, 11) is 0. The number of hydrogen-bond donors (Lipinski definition) is 1. The second-order valence-electron chi connectivity index (χ2n) is 11.1. The third-order valence-corrected chi connectivity index (χ3v) is 8.54. The number of carbonyl (C=O) groups is 1. The van der Waals surface area contributed by atoms with Gasteiger partial charge in [0.1, 0.15) is 29.1 Å². The van der Waals surface area contributed by atoms with E-state index >= 15 is 8.78 Å². The molecule has 11 heteroatoms. The Morgan fingerprint density at radius 1 is 1.00 bits per heavy atom. The molecule has 1 fully saturated rings. The molecule has 44 heavy (non-hydrogen) atoms. The summed E-state index contributed by atoms with van der Waals surface area (Å²) in [4.78, 5) is 22.9. The molecule has 0 spiro atoms. The van der Waals surface area contributed by atoms with Gasteiger partial charge in [0.2, 0.25) is 0 Å². The van der Waals surface area contributed by atoms with Gasteiger partial charge in [-0.05, 0) is 66.9 Å². The van der Waals surface area contributed by atoms with Gasteiger partial charge in [0.15, 0.2) is 0 Å². The van der Waals surface area contributed by atoms with Crippen molar-refractivity contribution < 1.29 is 27.8 Å². The number of hydrogen-bond acceptors (Lipinski definition) is 5. The Balaban J connectivity index is 1.19. The Morgan fingerprint density at radius 2 is 1.80 bits per heavy atom. The van der Waals surface area contributed by atoms with E-state index in [1.165, 1.54) is 30.3 Å². The van der Waals surface area contributed by atoms with Gasteiger partial charge in [-0.25, -0.2) is 27.9 Å². The van der Waals surface area contributed by atoms with Crippen molar-refractivity contribution >= 4 is 34.4 Å². The average molecular weight is 619 g/mol. The van der Waals surface area contributed by atoms with E-state index in [9.17, 15) is 14.3 Å². The SMILES string of the molecule is O=C(O)c1ccc2nc(Cc3c(F)cc(-c4ccc5c(n4)N(Cc4ccc(Cl)cc4F)CC5)cc3F)n(C[C@@H]3CCO3)c2c1. The fourth-order valence-corrected chi connectivity index (χ4v) is 5.99. The Morgan fingerprint density at radius 3 is 2.50 bits per heavy atom. The second kappa shape index (κ2) is 11.3. The van der Waals surface area contributed by atoms with Crippen molar-refractivity contribution in [1.82, 2.24) is 14.5 Å². The maximum absolute atomic E-state index is 15.6. The number of carboxylic acid groups (broad SMARTS) is 1. The minimum absolute atomic E-state index is 0.0849. The van der Waals surface area contributed by atoms with Gasteiger partial charge in [-0.3, -0.25) is 0 Å². The Hall–Kier alpha value is -4.41. The smallest absolute Gasteiger partial charge is 0.335 e. The standard InChI is InChI=1S/C33H26ClF3N4O3/c34-22-4-1-20(25(35)14-22)16-40-9-7-18-2-5-28(39-32(18)40)21-11-26(36)24(27(37)12-21)15-31-38-29-6-3-19(33(42)43)13-30(29)41(31)17-23-8-10-44-23/h1-6,11-14,23H,7-10,15-17H2,(H,42,43)/t23-/m0/s1. The topological polar surface area (TPSA) is 80.5 Å². The van der Waals surface area contributed by atoms with Crippen molar-refractivity contribution in [3.05, 3.63) is 111 Å². The van der Waals surface area contributed by atoms with Gasteiger partial charge in [0.05, 0.1) is 34.9 Å². The highest BCUT2D eigenvalue weighted by molar-refractivity contribution is 6.30. The van der Waals surface area contributed by atoms with Gasteiger partial charge >= 0.3 is 5.97 Å². The van der Waals surface area contributed by atoms with Crippen LogP contribution in [0.15, 0.2) is 60.7 Å². The highest BCUT2D eigenvalue weighted by atomic mass is 35.5. The summed E-state index contributed by atoms with van der Waals surface area (Å²) in [5, 5.41) is 9.80. The van der Waals surface area contributed by atoms with E-state index in [0.29, 0.717) is 58.7 Å². The van der Waals surface area contributed by atoms with E-state index < -0.39 is 23.4 Å². The number of fused-ring (bicyclic) bond motifs is 2. The molecule has 1 saturated heterocycles. The third-order valence-electron chi connectivity index (χ3n) is 8.31. The molecule has 0 bridgehead atoms. The van der Waals surface area contributed by atoms with E-state index in [2.05, 4.69) is 4.98 Å². The molecule has 224 valence electrons. The number of aromatic carboxylic acids is 1. The molecule has 5 aromatic rings. The number of anilines is 1. The molecule has 0 aliphatic carbocycles. The molecule has 2 aliphatic rings. The summed E-state index contributed by atoms with van der Waals surface area (Å²) in [6.45, 7) is 1.95. The predicted molar refractivity (Wildman–Crippen MR) is 160 cm³/mol. The number of rotatable bonds is 8. The number of imidazole rings is 1. The predicted octanol–water partition coefficient (Wildman–Crippen LogP) is 6.81. The Kier molecular flexibility index (Phi) is 7.26. The van der Waals surface area contributed by atoms with Crippen LogP contribution in [0.1, 0.15) is 39.3 Å². The average Bonchev–Trinajstić information content (AvgIpc) is 3.53. The third kappa shape index (κ3) is 5.28. The number of halogens is 4. The van der Waals surface area contributed by atoms with Crippen molar-refractivity contribution in [2.75, 3.05) is 18.1 Å². The molecule has 7 nitrogen and oxygen atoms in total. The zero-order valence-corrected chi connectivity index (χ0v) is 24.1. The van der Waals surface area contributed by atoms with Crippen LogP contribution in [0, 0.1) is 17.5 Å². The number of pyridine rings is 1. The van der Waals surface area contributed by atoms with Crippen LogP contribution in [0.4, 0.5) is 19.0 Å². The normalized spacial score (nSPS) is 15.9. The minimum Gasteiger partial charge on any atom is -0.478 e. The lowest BCUT2D eigenvalue weighted by Crippen LogP contribution is -2.31. The molecule has 3 aromatic carbocycles. The fourth-order valence-electron chi connectivity index (χ4n) is 5.83. The van der Waals surface area contributed by atoms with Gasteiger partial charge in [-0.2, -0.15) is 0 Å². The van der Waals surface area contributed by atoms with Crippen LogP contribution in [0.2, 0.25) is 5.02 Å². The molecule has 2 aromatic heterocycles. The van der Waals surface area contributed by atoms with Gasteiger partial charge in [-0.1, -0.05) is 23.7 Å². The van der Waals surface area contributed by atoms with Crippen LogP contribution in [0.3, 0.4) is 0 Å². The number of nitrogens with zero attached hydrogens (tertiary/aromatic N) is 4. The summed E-state index contributed by atoms with van der Waals surface area (Å²) in [5.41, 5.74) is 3.17. The molecule has 7 rings (SSSR count). The molecule has 0 unspecified atom stereocenters. The summed E-state index contributed by atoms with van der Waals surface area (Å²) in [6.07, 6.45) is 1.33. The van der Waals surface area contributed by atoms with Gasteiger partial charge < -0.3 is 19.3 Å². The molecular weight excluding hydrogens is 593 g/mol. The van der Waals surface area contributed by atoms with E-state index in [1.54, 1.807) is 28.8 Å². The molecule has 1 atom stereocenters. The summed E-state index contributed by atoms with van der Waals surface area (Å²) in [5.74, 6) is -1.91. The first-order valence-electron chi connectivity index (χ1n) is 14.2. The van der Waals surface area contributed by atoms with Gasteiger partial charge in [0, 0.05) is 47.8 Å². The molecule has 0 amide bonds. The van der Waals surface area contributed by atoms with Crippen LogP contribution < -0.4 is 4.90 Å². The monoisotopic (exact) mass is 618 g/mol. The lowest BCUT2D eigenvalue weighted by Gasteiger charge is -2.27. The second-order valence-corrected chi connectivity index (χ2v) is 11.5. The maximum atomic E-state index is 15.6. The van der Waals surface area contributed by atoms with Crippen molar-refractivity contribution in [3.8, 4) is 11.3 Å². The van der Waals surface area contributed by atoms with Crippen LogP contribution in [0.5, 0.6) is 0 Å². The highest BCUT2D eigenvalue weighted by Crippen LogP contribution is 2.33. The van der Waals surface area contributed by atoms with E-state index in [4.69, 9.17) is 21.3 Å². The number of ether oxygens (including phenoxy) is 1. The molecule has 2 aliphatic heterocycles. The van der Waals surface area contributed by atoms with Crippen molar-refractivity contribution in [1.29, 1.82) is 0 Å². The highest BCUT2D eigenvalue weighted by Gasteiger charge is 2.26. The lowest BCUT2D eigenvalue weighted by molar-refractivity contribution is -0.0589. The van der Waals surface area contributed by atoms with Crippen LogP contribution >= 0.6 is 11.6 Å². The van der Waals surface area contributed by atoms with E-state index in [0.717, 1.165) is 18.4 Å². The number of benzene rings is 3. The molecule has 0 saturated carbocycles. The summed E-state index contributed by atoms with van der Waals surface area (Å²) >= 11 is 5.90. The zero-order valence-electron chi connectivity index (χ0n) is 23.4. The van der Waals surface area contributed by atoms with Crippen LogP contribution in [0.25, 0.3) is 22.3 Å². The molecule has 1 N–H and O–H groups in total. The van der Waals surface area contributed by atoms with Crippen LogP contribution in [-0.2, 0) is 30.7 Å². The van der Waals surface area contributed by atoms with Crippen molar-refractivity contribution in [2.24, 2.45) is 0 Å². The zero-order chi connectivity index (χ0) is 30.5. The molecule has 4 heterocycles. The Bertz CT molecular complexity index is 1920. The largest absolute Gasteiger partial charge is 0.478 e. The van der Waals surface area contributed by atoms with Crippen LogP contribution in [-0.4, -0.2) is 44.9 Å². The minimum atomic E-state index is -1.07. The van der Waals surface area contributed by atoms with Gasteiger partial charge in [0.25, 0.3) is 0 Å². The van der Waals surface area contributed by atoms with Crippen molar-refractivity contribution in [3.63, 3.8) is 0 Å². The maximum Gasteiger partial charge on any atom is 0.335 e. The summed E-state index contributed by atoms with van der Waals surface area (Å²) < 4.78 is 53.1. The fraction of sp³-hybridized carbons (Fsp3) is 0.242. The number of carboxylic acids is 1. The Labute approximate surface area is 255 Å². The lowest BCUT2D eigenvalue weighted by atomic mass is 10.0. The molecular formula is C33H26ClF3N4O3. The summed E-state index contributed by atoms with van der Waals surface area (Å²) in [6, 6.07) is 15.3. The molecule has 0 radical (unpaired) electrons. The quantitative estimate of drug-likeness (QED) is 0.206. The first-order valence-corrected chi connectivity index (χ1v) is 14.6. The van der Waals surface area contributed by atoms with E-state index in [-0.39, 0.29) is 35.8 Å². The van der Waals surface area contributed by atoms with Gasteiger partial charge in [-0.15, -0.1) is 0 Å².